The van der Waals surface area contributed by atoms with Crippen LogP contribution in [0.5, 0.6) is 0 Å². The van der Waals surface area contributed by atoms with Crippen LogP contribution in [0.25, 0.3) is 0 Å². The van der Waals surface area contributed by atoms with Gasteiger partial charge in [-0.1, -0.05) is 23.2 Å². The molecule has 0 saturated carbocycles. The van der Waals surface area contributed by atoms with Crippen LogP contribution in [0.4, 0.5) is 5.69 Å². The number of hydrogen-bond acceptors (Lipinski definition) is 3. The van der Waals surface area contributed by atoms with E-state index >= 15 is 0 Å². The molecule has 1 heterocycles. The number of esters is 1. The maximum Gasteiger partial charge on any atom is 0.314 e. The second kappa shape index (κ2) is 8.52. The third-order valence-corrected chi connectivity index (χ3v) is 4.40. The van der Waals surface area contributed by atoms with Crippen molar-refractivity contribution in [3.63, 3.8) is 0 Å². The monoisotopic (exact) mass is 359 g/mol. The molecule has 0 aliphatic carbocycles. The molecular formula is C16H21Cl2N2O3+. The van der Waals surface area contributed by atoms with Crippen LogP contribution in [0.15, 0.2) is 18.2 Å². The van der Waals surface area contributed by atoms with E-state index in [2.05, 4.69) is 5.32 Å². The molecular weight excluding hydrogens is 339 g/mol. The molecule has 23 heavy (non-hydrogen) atoms. The molecule has 2 N–H and O–H groups in total. The molecule has 5 nitrogen and oxygen atoms in total. The Balaban J connectivity index is 1.88. The van der Waals surface area contributed by atoms with Gasteiger partial charge in [-0.15, -0.1) is 0 Å². The molecule has 1 aliphatic heterocycles. The Hall–Kier alpha value is -1.30. The van der Waals surface area contributed by atoms with Crippen molar-refractivity contribution in [1.29, 1.82) is 0 Å². The minimum Gasteiger partial charge on any atom is -0.466 e. The highest BCUT2D eigenvalue weighted by atomic mass is 35.5. The zero-order valence-corrected chi connectivity index (χ0v) is 14.5. The van der Waals surface area contributed by atoms with Gasteiger partial charge in [0, 0.05) is 5.02 Å². The van der Waals surface area contributed by atoms with Gasteiger partial charge in [0.15, 0.2) is 6.54 Å². The Morgan fingerprint density at radius 2 is 2.17 bits per heavy atom. The first-order chi connectivity index (χ1) is 11.0. The van der Waals surface area contributed by atoms with E-state index in [0.717, 1.165) is 24.3 Å². The number of halogens is 2. The topological polar surface area (TPSA) is 59.8 Å². The van der Waals surface area contributed by atoms with Crippen molar-refractivity contribution in [2.24, 2.45) is 5.92 Å². The summed E-state index contributed by atoms with van der Waals surface area (Å²) in [6.07, 6.45) is 1.74. The number of rotatable bonds is 5. The van der Waals surface area contributed by atoms with Gasteiger partial charge in [-0.2, -0.15) is 0 Å². The molecule has 126 valence electrons. The van der Waals surface area contributed by atoms with Gasteiger partial charge in [-0.3, -0.25) is 9.59 Å². The van der Waals surface area contributed by atoms with Crippen LogP contribution >= 0.6 is 23.2 Å². The summed E-state index contributed by atoms with van der Waals surface area (Å²) in [7, 11) is 0. The van der Waals surface area contributed by atoms with Crippen LogP contribution in [0.1, 0.15) is 19.8 Å². The number of piperidine rings is 1. The molecule has 1 aliphatic rings. The molecule has 7 heteroatoms. The molecule has 1 aromatic carbocycles. The second-order valence-electron chi connectivity index (χ2n) is 5.64. The molecule has 1 fully saturated rings. The molecule has 2 atom stereocenters. The number of ether oxygens (including phenoxy) is 1. The predicted molar refractivity (Wildman–Crippen MR) is 90.0 cm³/mol. The first-order valence-electron chi connectivity index (χ1n) is 7.74. The largest absolute Gasteiger partial charge is 0.466 e. The minimum atomic E-state index is -0.161. The number of likely N-dealkylation sites (tertiary alicyclic amines) is 1. The first kappa shape index (κ1) is 18.0. The van der Waals surface area contributed by atoms with Gasteiger partial charge in [-0.05, 0) is 38.0 Å². The molecule has 1 saturated heterocycles. The SMILES string of the molecule is CCOC(=O)[C@@H]1CCC[NH+](CC(=O)Nc2ccc(Cl)cc2Cl)C1. The fraction of sp³-hybridized carbons (Fsp3) is 0.500. The first-order valence-corrected chi connectivity index (χ1v) is 8.50. The number of nitrogens with one attached hydrogen (secondary N) is 2. The lowest BCUT2D eigenvalue weighted by molar-refractivity contribution is -0.899. The average Bonchev–Trinajstić information content (AvgIpc) is 2.50. The molecule has 0 radical (unpaired) electrons. The Bertz CT molecular complexity index is 580. The lowest BCUT2D eigenvalue weighted by Gasteiger charge is -2.28. The van der Waals surface area contributed by atoms with E-state index in [1.54, 1.807) is 25.1 Å². The van der Waals surface area contributed by atoms with Crippen molar-refractivity contribution in [3.8, 4) is 0 Å². The van der Waals surface area contributed by atoms with Crippen molar-refractivity contribution in [2.45, 2.75) is 19.8 Å². The van der Waals surface area contributed by atoms with Crippen LogP contribution in [0.3, 0.4) is 0 Å². The molecule has 1 amide bonds. The van der Waals surface area contributed by atoms with Crippen molar-refractivity contribution in [3.05, 3.63) is 28.2 Å². The number of amides is 1. The summed E-state index contributed by atoms with van der Waals surface area (Å²) in [4.78, 5) is 25.1. The highest BCUT2D eigenvalue weighted by Crippen LogP contribution is 2.25. The number of quaternary nitrogens is 1. The molecule has 0 spiro atoms. The van der Waals surface area contributed by atoms with Crippen molar-refractivity contribution in [1.82, 2.24) is 0 Å². The molecule has 0 bridgehead atoms. The van der Waals surface area contributed by atoms with Crippen LogP contribution in [-0.2, 0) is 14.3 Å². The molecule has 1 aromatic rings. The summed E-state index contributed by atoms with van der Waals surface area (Å²) >= 11 is 11.9. The van der Waals surface area contributed by atoms with E-state index in [1.165, 1.54) is 0 Å². The van der Waals surface area contributed by atoms with Gasteiger partial charge in [0.1, 0.15) is 5.92 Å². The Kier molecular flexibility index (Phi) is 6.69. The summed E-state index contributed by atoms with van der Waals surface area (Å²) in [6.45, 7) is 3.99. The summed E-state index contributed by atoms with van der Waals surface area (Å²) in [6, 6.07) is 4.94. The smallest absolute Gasteiger partial charge is 0.314 e. The van der Waals surface area contributed by atoms with E-state index in [1.807, 2.05) is 0 Å². The summed E-state index contributed by atoms with van der Waals surface area (Å²) in [5.74, 6) is -0.412. The summed E-state index contributed by atoms with van der Waals surface area (Å²) in [5.41, 5.74) is 0.541. The molecule has 1 unspecified atom stereocenters. The fourth-order valence-corrected chi connectivity index (χ4v) is 3.24. The maximum absolute atomic E-state index is 12.2. The Morgan fingerprint density at radius 1 is 1.39 bits per heavy atom. The standard InChI is InChI=1S/C16H20Cl2N2O3/c1-2-23-16(22)11-4-3-7-20(9-11)10-15(21)19-14-6-5-12(17)8-13(14)18/h5-6,8,11H,2-4,7,9-10H2,1H3,(H,19,21)/p+1/t11-/m1/s1. The van der Waals surface area contributed by atoms with Gasteiger partial charge in [0.25, 0.3) is 5.91 Å². The number of anilines is 1. The third kappa shape index (κ3) is 5.37. The highest BCUT2D eigenvalue weighted by molar-refractivity contribution is 6.36. The van der Waals surface area contributed by atoms with Crippen LogP contribution in [0.2, 0.25) is 10.0 Å². The van der Waals surface area contributed by atoms with Crippen molar-refractivity contribution < 1.29 is 19.2 Å². The van der Waals surface area contributed by atoms with Crippen LogP contribution in [0, 0.1) is 5.92 Å². The normalized spacial score (nSPS) is 20.8. The number of hydrogen-bond donors (Lipinski definition) is 2. The second-order valence-corrected chi connectivity index (χ2v) is 6.49. The van der Waals surface area contributed by atoms with E-state index in [-0.39, 0.29) is 17.8 Å². The van der Waals surface area contributed by atoms with Gasteiger partial charge >= 0.3 is 5.97 Å². The number of benzene rings is 1. The fourth-order valence-electron chi connectivity index (χ4n) is 2.79. The summed E-state index contributed by atoms with van der Waals surface area (Å²) in [5, 5.41) is 3.71. The van der Waals surface area contributed by atoms with E-state index < -0.39 is 0 Å². The maximum atomic E-state index is 12.2. The van der Waals surface area contributed by atoms with E-state index in [9.17, 15) is 9.59 Å². The lowest BCUT2D eigenvalue weighted by atomic mass is 9.98. The highest BCUT2D eigenvalue weighted by Gasteiger charge is 2.30. The van der Waals surface area contributed by atoms with Crippen molar-refractivity contribution in [2.75, 3.05) is 31.6 Å². The lowest BCUT2D eigenvalue weighted by Crippen LogP contribution is -3.14. The van der Waals surface area contributed by atoms with Gasteiger partial charge in [0.2, 0.25) is 0 Å². The zero-order valence-electron chi connectivity index (χ0n) is 13.0. The third-order valence-electron chi connectivity index (χ3n) is 3.85. The van der Waals surface area contributed by atoms with Crippen LogP contribution in [-0.4, -0.2) is 38.1 Å². The molecule has 0 aromatic heterocycles. The minimum absolute atomic E-state index is 0.120. The van der Waals surface area contributed by atoms with E-state index in [4.69, 9.17) is 27.9 Å². The quantitative estimate of drug-likeness (QED) is 0.788. The van der Waals surface area contributed by atoms with Gasteiger partial charge in [0.05, 0.1) is 30.4 Å². The van der Waals surface area contributed by atoms with Gasteiger partial charge in [-0.25, -0.2) is 0 Å². The summed E-state index contributed by atoms with van der Waals surface area (Å²) < 4.78 is 5.07. The zero-order chi connectivity index (χ0) is 16.8. The number of carbonyl (C=O) groups is 2. The Morgan fingerprint density at radius 3 is 2.87 bits per heavy atom. The molecule has 2 rings (SSSR count). The van der Waals surface area contributed by atoms with Gasteiger partial charge < -0.3 is 15.0 Å². The average molecular weight is 360 g/mol. The predicted octanol–water partition coefficient (Wildman–Crippen LogP) is 1.79. The van der Waals surface area contributed by atoms with Crippen molar-refractivity contribution >= 4 is 40.8 Å². The Labute approximate surface area is 145 Å². The van der Waals surface area contributed by atoms with Crippen LogP contribution < -0.4 is 10.2 Å². The number of carbonyl (C=O) groups excluding carboxylic acids is 2. The van der Waals surface area contributed by atoms with E-state index in [0.29, 0.717) is 35.4 Å².